The second kappa shape index (κ2) is 7.09. The second-order valence-corrected chi connectivity index (χ2v) is 5.85. The van der Waals surface area contributed by atoms with Gasteiger partial charge in [-0.3, -0.25) is 4.90 Å². The van der Waals surface area contributed by atoms with Gasteiger partial charge in [-0.15, -0.1) is 0 Å². The van der Waals surface area contributed by atoms with Gasteiger partial charge >= 0.3 is 0 Å². The van der Waals surface area contributed by atoms with E-state index in [0.717, 1.165) is 18.2 Å². The predicted molar refractivity (Wildman–Crippen MR) is 84.0 cm³/mol. The van der Waals surface area contributed by atoms with Gasteiger partial charge in [-0.25, -0.2) is 0 Å². The Morgan fingerprint density at radius 3 is 2.60 bits per heavy atom. The van der Waals surface area contributed by atoms with E-state index in [2.05, 4.69) is 43.0 Å². The summed E-state index contributed by atoms with van der Waals surface area (Å²) in [6.45, 7) is 9.23. The van der Waals surface area contributed by atoms with Crippen molar-refractivity contribution >= 4 is 0 Å². The third kappa shape index (κ3) is 3.33. The lowest BCUT2D eigenvalue weighted by molar-refractivity contribution is 0.0709. The first-order chi connectivity index (χ1) is 9.67. The maximum absolute atomic E-state index is 6.07. The number of hydrogen-bond donors (Lipinski definition) is 1. The number of rotatable bonds is 5. The van der Waals surface area contributed by atoms with Gasteiger partial charge in [0.25, 0.3) is 0 Å². The minimum Gasteiger partial charge on any atom is -0.494 e. The summed E-state index contributed by atoms with van der Waals surface area (Å²) >= 11 is 0. The fourth-order valence-corrected chi connectivity index (χ4v) is 3.22. The molecule has 20 heavy (non-hydrogen) atoms. The number of piperidine rings is 1. The highest BCUT2D eigenvalue weighted by atomic mass is 16.5. The topological polar surface area (TPSA) is 38.5 Å². The lowest BCUT2D eigenvalue weighted by Crippen LogP contribution is -2.46. The van der Waals surface area contributed by atoms with Crippen LogP contribution in [0, 0.1) is 5.92 Å². The monoisotopic (exact) mass is 276 g/mol. The third-order valence-electron chi connectivity index (χ3n) is 4.62. The first kappa shape index (κ1) is 15.3. The molecule has 0 amide bonds. The Hall–Kier alpha value is -1.06. The van der Waals surface area contributed by atoms with Crippen LogP contribution in [0.15, 0.2) is 24.3 Å². The minimum absolute atomic E-state index is 0.323. The van der Waals surface area contributed by atoms with Crippen LogP contribution in [-0.2, 0) is 0 Å². The molecule has 0 aliphatic carbocycles. The fourth-order valence-electron chi connectivity index (χ4n) is 3.22. The van der Waals surface area contributed by atoms with E-state index in [9.17, 15) is 0 Å². The number of nitrogens with zero attached hydrogens (tertiary/aromatic N) is 1. The van der Waals surface area contributed by atoms with Crippen LogP contribution >= 0.6 is 0 Å². The Labute approximate surface area is 123 Å². The van der Waals surface area contributed by atoms with Crippen LogP contribution in [0.1, 0.15) is 45.2 Å². The molecule has 1 aliphatic heterocycles. The van der Waals surface area contributed by atoms with Crippen molar-refractivity contribution in [2.75, 3.05) is 19.7 Å². The van der Waals surface area contributed by atoms with Crippen molar-refractivity contribution in [3.8, 4) is 5.75 Å². The molecule has 1 heterocycles. The molecule has 1 aromatic rings. The van der Waals surface area contributed by atoms with E-state index in [0.29, 0.717) is 25.2 Å². The molecule has 0 saturated carbocycles. The van der Waals surface area contributed by atoms with Crippen LogP contribution in [0.4, 0.5) is 0 Å². The highest BCUT2D eigenvalue weighted by Gasteiger charge is 2.30. The average molecular weight is 276 g/mol. The number of nitrogens with two attached hydrogens (primary N) is 1. The zero-order valence-corrected chi connectivity index (χ0v) is 13.0. The first-order valence-electron chi connectivity index (χ1n) is 7.86. The highest BCUT2D eigenvalue weighted by molar-refractivity contribution is 5.29. The van der Waals surface area contributed by atoms with E-state index in [1.807, 2.05) is 6.92 Å². The van der Waals surface area contributed by atoms with Gasteiger partial charge < -0.3 is 10.5 Å². The second-order valence-electron chi connectivity index (χ2n) is 5.85. The van der Waals surface area contributed by atoms with E-state index in [-0.39, 0.29) is 0 Å². The maximum Gasteiger partial charge on any atom is 0.119 e. The van der Waals surface area contributed by atoms with E-state index in [1.165, 1.54) is 18.4 Å². The zero-order chi connectivity index (χ0) is 14.5. The summed E-state index contributed by atoms with van der Waals surface area (Å²) in [4.78, 5) is 2.57. The molecule has 1 fully saturated rings. The quantitative estimate of drug-likeness (QED) is 0.897. The van der Waals surface area contributed by atoms with Crippen molar-refractivity contribution in [1.29, 1.82) is 0 Å². The number of hydrogen-bond acceptors (Lipinski definition) is 3. The molecule has 1 aromatic carbocycles. The molecule has 1 saturated heterocycles. The lowest BCUT2D eigenvalue weighted by atomic mass is 9.89. The number of likely N-dealkylation sites (tertiary alicyclic amines) is 1. The largest absolute Gasteiger partial charge is 0.494 e. The minimum atomic E-state index is 0.323. The van der Waals surface area contributed by atoms with Crippen molar-refractivity contribution in [3.63, 3.8) is 0 Å². The Balaban J connectivity index is 2.14. The zero-order valence-electron chi connectivity index (χ0n) is 13.0. The summed E-state index contributed by atoms with van der Waals surface area (Å²) in [5, 5.41) is 0. The smallest absolute Gasteiger partial charge is 0.119 e. The molecule has 1 aliphatic rings. The van der Waals surface area contributed by atoms with Crippen molar-refractivity contribution in [2.24, 2.45) is 11.7 Å². The van der Waals surface area contributed by atoms with E-state index in [4.69, 9.17) is 10.5 Å². The number of ether oxygens (including phenoxy) is 1. The summed E-state index contributed by atoms with van der Waals surface area (Å²) < 4.78 is 5.51. The van der Waals surface area contributed by atoms with Gasteiger partial charge in [0.05, 0.1) is 6.61 Å². The van der Waals surface area contributed by atoms with Gasteiger partial charge in [-0.1, -0.05) is 19.1 Å². The lowest BCUT2D eigenvalue weighted by Gasteiger charge is -2.42. The third-order valence-corrected chi connectivity index (χ3v) is 4.62. The first-order valence-corrected chi connectivity index (χ1v) is 7.86. The average Bonchev–Trinajstić information content (AvgIpc) is 2.46. The Kier molecular flexibility index (Phi) is 5.44. The molecular formula is C17H28N2O. The van der Waals surface area contributed by atoms with Gasteiger partial charge in [-0.2, -0.15) is 0 Å². The molecule has 0 spiro atoms. The van der Waals surface area contributed by atoms with Gasteiger partial charge in [0, 0.05) is 18.6 Å². The van der Waals surface area contributed by atoms with E-state index in [1.54, 1.807) is 0 Å². The molecule has 0 radical (unpaired) electrons. The fraction of sp³-hybridized carbons (Fsp3) is 0.647. The number of benzene rings is 1. The van der Waals surface area contributed by atoms with Crippen LogP contribution in [0.5, 0.6) is 5.75 Å². The summed E-state index contributed by atoms with van der Waals surface area (Å²) in [5.74, 6) is 1.69. The molecule has 2 N–H and O–H groups in total. The standard InChI is InChI=1S/C17H28N2O/c1-4-20-16-9-7-15(8-10-16)17(12-18)19-11-5-6-13(2)14(19)3/h7-10,13-14,17H,4-6,11-12,18H2,1-3H3. The van der Waals surface area contributed by atoms with Crippen molar-refractivity contribution < 1.29 is 4.74 Å². The van der Waals surface area contributed by atoms with Crippen LogP contribution in [0.2, 0.25) is 0 Å². The Morgan fingerprint density at radius 2 is 2.00 bits per heavy atom. The molecule has 2 rings (SSSR count). The predicted octanol–water partition coefficient (Wildman–Crippen LogP) is 3.21. The van der Waals surface area contributed by atoms with Crippen LogP contribution in [0.3, 0.4) is 0 Å². The molecule has 0 bridgehead atoms. The van der Waals surface area contributed by atoms with Crippen LogP contribution in [0.25, 0.3) is 0 Å². The van der Waals surface area contributed by atoms with Gasteiger partial charge in [0.2, 0.25) is 0 Å². The summed E-state index contributed by atoms with van der Waals surface area (Å²) in [5.41, 5.74) is 7.37. The normalized spacial score (nSPS) is 25.4. The summed E-state index contributed by atoms with van der Waals surface area (Å²) in [7, 11) is 0. The molecule has 0 aromatic heterocycles. The van der Waals surface area contributed by atoms with E-state index < -0.39 is 0 Å². The van der Waals surface area contributed by atoms with Crippen molar-refractivity contribution in [2.45, 2.75) is 45.7 Å². The molecule has 112 valence electrons. The molecule has 3 atom stereocenters. The SMILES string of the molecule is CCOc1ccc(C(CN)N2CCCC(C)C2C)cc1. The molecular weight excluding hydrogens is 248 g/mol. The molecule has 3 unspecified atom stereocenters. The van der Waals surface area contributed by atoms with E-state index >= 15 is 0 Å². The highest BCUT2D eigenvalue weighted by Crippen LogP contribution is 2.31. The maximum atomic E-state index is 6.07. The molecule has 3 heteroatoms. The Morgan fingerprint density at radius 1 is 1.30 bits per heavy atom. The van der Waals surface area contributed by atoms with Gasteiger partial charge in [-0.05, 0) is 56.8 Å². The van der Waals surface area contributed by atoms with Crippen LogP contribution < -0.4 is 10.5 Å². The Bertz CT molecular complexity index is 404. The summed E-state index contributed by atoms with van der Waals surface area (Å²) in [6.07, 6.45) is 2.61. The van der Waals surface area contributed by atoms with Crippen molar-refractivity contribution in [3.05, 3.63) is 29.8 Å². The van der Waals surface area contributed by atoms with Crippen molar-refractivity contribution in [1.82, 2.24) is 4.90 Å². The van der Waals surface area contributed by atoms with Gasteiger partial charge in [0.15, 0.2) is 0 Å². The molecule has 3 nitrogen and oxygen atoms in total. The van der Waals surface area contributed by atoms with Gasteiger partial charge in [0.1, 0.15) is 5.75 Å². The van der Waals surface area contributed by atoms with Crippen LogP contribution in [-0.4, -0.2) is 30.6 Å². The summed E-state index contributed by atoms with van der Waals surface area (Å²) in [6, 6.07) is 9.36.